The molecule has 9 heavy (non-hydrogen) atoms. The summed E-state index contributed by atoms with van der Waals surface area (Å²) in [6, 6.07) is 0. The van der Waals surface area contributed by atoms with Gasteiger partial charge in [0.15, 0.2) is 0 Å². The monoisotopic (exact) mass is 163 g/mol. The molecule has 1 N–H and O–H groups in total. The Labute approximate surface area is 63.3 Å². The van der Waals surface area contributed by atoms with Crippen LogP contribution in [0.25, 0.3) is 0 Å². The molecule has 0 aromatic carbocycles. The highest BCUT2D eigenvalue weighted by molar-refractivity contribution is 7.80. The summed E-state index contributed by atoms with van der Waals surface area (Å²) in [5.41, 5.74) is 2.39. The normalized spacial score (nSPS) is 8.00. The second-order valence-corrected chi connectivity index (χ2v) is 1.70. The maximum Gasteiger partial charge on any atom is 0.323 e. The van der Waals surface area contributed by atoms with Crippen molar-refractivity contribution in [3.05, 3.63) is 0 Å². The van der Waals surface area contributed by atoms with Crippen LogP contribution in [0.4, 0.5) is 0 Å². The van der Waals surface area contributed by atoms with Gasteiger partial charge in [-0.25, -0.2) is 0 Å². The topological polar surface area (TPSA) is 40.5 Å². The molecule has 0 aliphatic carbocycles. The van der Waals surface area contributed by atoms with Gasteiger partial charge in [-0.15, -0.1) is 0 Å². The summed E-state index contributed by atoms with van der Waals surface area (Å²) in [5.74, 6) is -0.947. The van der Waals surface area contributed by atoms with E-state index in [1.54, 1.807) is 0 Å². The lowest BCUT2D eigenvalue weighted by Gasteiger charge is -2.06. The lowest BCUT2D eigenvalue weighted by atomic mass is 10.6. The lowest BCUT2D eigenvalue weighted by Crippen LogP contribution is -2.25. The minimum Gasteiger partial charge on any atom is -0.480 e. The first-order valence-electron chi connectivity index (χ1n) is 2.09. The maximum absolute atomic E-state index is 9.95. The summed E-state index contributed by atoms with van der Waals surface area (Å²) < 4.78 is 0. The summed E-state index contributed by atoms with van der Waals surface area (Å²) in [6.07, 6.45) is 0. The molecule has 0 atom stereocenters. The largest absolute Gasteiger partial charge is 0.480 e. The summed E-state index contributed by atoms with van der Waals surface area (Å²) >= 11 is 8.86. The molecule has 0 unspecified atom stereocenters. The molecule has 0 saturated carbocycles. The molecule has 50 valence electrons. The molecule has 0 fully saturated rings. The molecule has 0 aliphatic rings. The van der Waals surface area contributed by atoms with Gasteiger partial charge in [0.2, 0.25) is 0 Å². The average Bonchev–Trinajstić information content (AvgIpc) is 1.82. The Bertz CT molecular complexity index is 129. The van der Waals surface area contributed by atoms with Crippen molar-refractivity contribution in [2.75, 3.05) is 6.54 Å². The van der Waals surface area contributed by atoms with Gasteiger partial charge < -0.3 is 10.0 Å². The first-order chi connectivity index (χ1) is 4.20. The van der Waals surface area contributed by atoms with Crippen molar-refractivity contribution in [3.63, 3.8) is 0 Å². The molecule has 0 radical (unpaired) electrons. The first-order valence-corrected chi connectivity index (χ1v) is 3.03. The Hall–Kier alpha value is -0.550. The number of carbonyl (C=O) groups is 1. The number of aliphatic carboxylic acids is 1. The van der Waals surface area contributed by atoms with Gasteiger partial charge in [0.1, 0.15) is 6.54 Å². The third-order valence-electron chi connectivity index (χ3n) is 0.589. The minimum atomic E-state index is -0.947. The van der Waals surface area contributed by atoms with Crippen molar-refractivity contribution in [2.45, 2.75) is 0 Å². The molecule has 0 amide bonds. The van der Waals surface area contributed by atoms with E-state index in [9.17, 15) is 4.79 Å². The molecule has 0 spiro atoms. The fourth-order valence-electron chi connectivity index (χ4n) is 0.256. The molecule has 0 saturated heterocycles. The molecule has 5 heteroatoms. The van der Waals surface area contributed by atoms with Crippen LogP contribution < -0.4 is 0 Å². The number of nitrogens with zero attached hydrogens (tertiary/aromatic N) is 1. The van der Waals surface area contributed by atoms with Gasteiger partial charge in [0, 0.05) is 0 Å². The Balaban J connectivity index is 3.68. The van der Waals surface area contributed by atoms with Crippen LogP contribution in [-0.4, -0.2) is 33.5 Å². The Morgan fingerprint density at radius 1 is 1.56 bits per heavy atom. The summed E-state index contributed by atoms with van der Waals surface area (Å²) in [4.78, 5) is 11.2. The number of rotatable bonds is 4. The highest BCUT2D eigenvalue weighted by atomic mass is 32.1. The predicted molar refractivity (Wildman–Crippen MR) is 41.7 cm³/mol. The number of thiocarbonyl (C=S) groups is 2. The second kappa shape index (κ2) is 4.34. The van der Waals surface area contributed by atoms with Crippen LogP contribution in [0, 0.1) is 0 Å². The molecule has 0 aliphatic heterocycles. The van der Waals surface area contributed by atoms with E-state index < -0.39 is 5.97 Å². The smallest absolute Gasteiger partial charge is 0.323 e. The van der Waals surface area contributed by atoms with Gasteiger partial charge >= 0.3 is 5.97 Å². The third kappa shape index (κ3) is 3.99. The quantitative estimate of drug-likeness (QED) is 0.603. The van der Waals surface area contributed by atoms with E-state index in [1.807, 2.05) is 0 Å². The van der Waals surface area contributed by atoms with E-state index in [4.69, 9.17) is 5.11 Å². The van der Waals surface area contributed by atoms with Crippen LogP contribution in [0.15, 0.2) is 0 Å². The van der Waals surface area contributed by atoms with E-state index in [0.717, 1.165) is 0 Å². The van der Waals surface area contributed by atoms with E-state index in [-0.39, 0.29) is 6.54 Å². The van der Waals surface area contributed by atoms with Gasteiger partial charge in [-0.2, -0.15) is 0 Å². The Morgan fingerprint density at radius 2 is 2.00 bits per heavy atom. The summed E-state index contributed by atoms with van der Waals surface area (Å²) in [5, 5.41) is 8.17. The first kappa shape index (κ1) is 8.45. The second-order valence-electron chi connectivity index (χ2n) is 1.28. The van der Waals surface area contributed by atoms with Crippen molar-refractivity contribution in [1.82, 2.24) is 4.90 Å². The molecule has 0 aromatic heterocycles. The van der Waals surface area contributed by atoms with Crippen LogP contribution in [-0.2, 0) is 4.79 Å². The number of carboxylic acid groups (broad SMARTS) is 1. The molecule has 0 aromatic rings. The van der Waals surface area contributed by atoms with Gasteiger partial charge in [-0.05, 0) is 0 Å². The summed E-state index contributed by atoms with van der Waals surface area (Å²) in [7, 11) is 0. The molecule has 3 nitrogen and oxygen atoms in total. The zero-order valence-corrected chi connectivity index (χ0v) is 6.11. The van der Waals surface area contributed by atoms with Gasteiger partial charge in [0.25, 0.3) is 0 Å². The van der Waals surface area contributed by atoms with E-state index in [0.29, 0.717) is 0 Å². The zero-order chi connectivity index (χ0) is 7.28. The standard InChI is InChI=1S/C4H5NO2S2/c6-4(7)1-5(2-8)3-9/h2-3H,1H2,(H,6,7). The Morgan fingerprint density at radius 3 is 2.11 bits per heavy atom. The van der Waals surface area contributed by atoms with E-state index >= 15 is 0 Å². The van der Waals surface area contributed by atoms with Crippen LogP contribution in [0.3, 0.4) is 0 Å². The fourth-order valence-corrected chi connectivity index (χ4v) is 0.603. The SMILES string of the molecule is O=C(O)CN(C=S)C=S. The number of hydrogen-bond donors (Lipinski definition) is 1. The third-order valence-corrected chi connectivity index (χ3v) is 1.13. The highest BCUT2D eigenvalue weighted by Crippen LogP contribution is 1.77. The van der Waals surface area contributed by atoms with Crippen molar-refractivity contribution in [2.24, 2.45) is 0 Å². The fraction of sp³-hybridized carbons (Fsp3) is 0.250. The number of carboxylic acids is 1. The van der Waals surface area contributed by atoms with Crippen LogP contribution in [0.1, 0.15) is 0 Å². The summed E-state index contributed by atoms with van der Waals surface area (Å²) in [6.45, 7) is -0.160. The van der Waals surface area contributed by atoms with Crippen LogP contribution in [0.5, 0.6) is 0 Å². The predicted octanol–water partition coefficient (Wildman–Crippen LogP) is 0.287. The molecule has 0 bridgehead atoms. The van der Waals surface area contributed by atoms with Gasteiger partial charge in [-0.3, -0.25) is 4.79 Å². The van der Waals surface area contributed by atoms with Crippen molar-refractivity contribution in [3.8, 4) is 0 Å². The van der Waals surface area contributed by atoms with Gasteiger partial charge in [-0.1, -0.05) is 24.4 Å². The van der Waals surface area contributed by atoms with Crippen LogP contribution in [0.2, 0.25) is 0 Å². The van der Waals surface area contributed by atoms with Gasteiger partial charge in [0.05, 0.1) is 11.0 Å². The average molecular weight is 163 g/mol. The molecule has 0 rings (SSSR count). The zero-order valence-electron chi connectivity index (χ0n) is 4.48. The molecular formula is C4H5NO2S2. The van der Waals surface area contributed by atoms with Crippen molar-refractivity contribution < 1.29 is 9.90 Å². The van der Waals surface area contributed by atoms with E-state index in [2.05, 4.69) is 24.4 Å². The molecular weight excluding hydrogens is 158 g/mol. The van der Waals surface area contributed by atoms with E-state index in [1.165, 1.54) is 15.9 Å². The lowest BCUT2D eigenvalue weighted by molar-refractivity contribution is -0.136. The van der Waals surface area contributed by atoms with Crippen molar-refractivity contribution >= 4 is 41.4 Å². The minimum absolute atomic E-state index is 0.160. The van der Waals surface area contributed by atoms with Crippen LogP contribution >= 0.6 is 24.4 Å². The maximum atomic E-state index is 9.95. The van der Waals surface area contributed by atoms with Crippen molar-refractivity contribution in [1.29, 1.82) is 0 Å². The number of hydrogen-bond acceptors (Lipinski definition) is 3. The Kier molecular flexibility index (Phi) is 4.08. The highest BCUT2D eigenvalue weighted by Gasteiger charge is 1.99. The molecule has 0 heterocycles.